The fraction of sp³-hybridized carbons (Fsp3) is 0.625. The van der Waals surface area contributed by atoms with E-state index in [-0.39, 0.29) is 5.41 Å². The number of hydrogen-bond acceptors (Lipinski definition) is 3. The molecule has 1 saturated carbocycles. The summed E-state index contributed by atoms with van der Waals surface area (Å²) < 4.78 is 5.15. The van der Waals surface area contributed by atoms with Crippen LogP contribution in [-0.4, -0.2) is 11.7 Å². The van der Waals surface area contributed by atoms with Gasteiger partial charge in [0.2, 0.25) is 0 Å². The molecule has 0 aromatic carbocycles. The molecule has 1 heterocycles. The van der Waals surface area contributed by atoms with Gasteiger partial charge in [-0.3, -0.25) is 0 Å². The molecule has 0 unspecified atom stereocenters. The monoisotopic (exact) mass is 152 g/mol. The van der Waals surface area contributed by atoms with Crippen LogP contribution in [0.4, 0.5) is 0 Å². The number of nitrogens with zero attached hydrogens (tertiary/aromatic N) is 1. The van der Waals surface area contributed by atoms with Gasteiger partial charge in [-0.05, 0) is 19.8 Å². The number of rotatable bonds is 2. The highest BCUT2D eigenvalue weighted by molar-refractivity contribution is 5.28. The minimum absolute atomic E-state index is 0.153. The fourth-order valence-electron chi connectivity index (χ4n) is 1.48. The Kier molecular flexibility index (Phi) is 1.29. The number of hydrogen-bond donors (Lipinski definition) is 1. The van der Waals surface area contributed by atoms with Gasteiger partial charge in [0.05, 0.1) is 6.20 Å². The predicted octanol–water partition coefficient (Wildman–Crippen LogP) is 0.973. The molecule has 1 aliphatic carbocycles. The third-order valence-electron chi connectivity index (χ3n) is 2.47. The highest BCUT2D eigenvalue weighted by atomic mass is 16.5. The second kappa shape index (κ2) is 2.08. The zero-order chi connectivity index (χ0) is 7.90. The minimum Gasteiger partial charge on any atom is -0.360 e. The van der Waals surface area contributed by atoms with Crippen molar-refractivity contribution in [1.82, 2.24) is 5.16 Å². The molecule has 11 heavy (non-hydrogen) atoms. The van der Waals surface area contributed by atoms with Crippen molar-refractivity contribution in [2.45, 2.75) is 25.2 Å². The highest BCUT2D eigenvalue weighted by Crippen LogP contribution is 2.48. The molecule has 0 radical (unpaired) electrons. The first-order valence-corrected chi connectivity index (χ1v) is 3.90. The summed E-state index contributed by atoms with van der Waals surface area (Å²) in [5.41, 5.74) is 6.93. The summed E-state index contributed by atoms with van der Waals surface area (Å²) in [5, 5.41) is 3.75. The number of aryl methyl sites for hydroxylation is 1. The largest absolute Gasteiger partial charge is 0.360 e. The molecule has 2 N–H and O–H groups in total. The second-order valence-electron chi connectivity index (χ2n) is 3.32. The lowest BCUT2D eigenvalue weighted by Gasteiger charge is -2.07. The summed E-state index contributed by atoms with van der Waals surface area (Å²) >= 11 is 0. The van der Waals surface area contributed by atoms with Gasteiger partial charge in [0.1, 0.15) is 5.76 Å². The zero-order valence-electron chi connectivity index (χ0n) is 6.63. The van der Waals surface area contributed by atoms with Gasteiger partial charge in [-0.15, -0.1) is 0 Å². The minimum atomic E-state index is 0.153. The fourth-order valence-corrected chi connectivity index (χ4v) is 1.48. The van der Waals surface area contributed by atoms with Gasteiger partial charge in [-0.25, -0.2) is 0 Å². The molecule has 0 amide bonds. The van der Waals surface area contributed by atoms with Crippen molar-refractivity contribution >= 4 is 0 Å². The van der Waals surface area contributed by atoms with Crippen LogP contribution in [0.3, 0.4) is 0 Å². The Morgan fingerprint density at radius 1 is 1.73 bits per heavy atom. The van der Waals surface area contributed by atoms with E-state index in [0.717, 1.165) is 24.2 Å². The van der Waals surface area contributed by atoms with Crippen LogP contribution < -0.4 is 5.73 Å². The smallest absolute Gasteiger partial charge is 0.147 e. The van der Waals surface area contributed by atoms with E-state index >= 15 is 0 Å². The van der Waals surface area contributed by atoms with Crippen molar-refractivity contribution in [3.8, 4) is 0 Å². The van der Waals surface area contributed by atoms with Crippen LogP contribution in [0.1, 0.15) is 24.2 Å². The van der Waals surface area contributed by atoms with E-state index in [1.54, 1.807) is 6.20 Å². The van der Waals surface area contributed by atoms with Crippen molar-refractivity contribution in [3.63, 3.8) is 0 Å². The van der Waals surface area contributed by atoms with Gasteiger partial charge in [0, 0.05) is 17.5 Å². The molecule has 3 nitrogen and oxygen atoms in total. The van der Waals surface area contributed by atoms with Crippen molar-refractivity contribution in [1.29, 1.82) is 0 Å². The molecule has 0 bridgehead atoms. The Hall–Kier alpha value is -0.830. The Morgan fingerprint density at radius 2 is 2.45 bits per heavy atom. The molecular formula is C8H12N2O. The van der Waals surface area contributed by atoms with Crippen molar-refractivity contribution in [2.24, 2.45) is 5.73 Å². The molecule has 1 aromatic heterocycles. The van der Waals surface area contributed by atoms with E-state index in [2.05, 4.69) is 5.16 Å². The van der Waals surface area contributed by atoms with Crippen molar-refractivity contribution < 1.29 is 4.52 Å². The summed E-state index contributed by atoms with van der Waals surface area (Å²) in [7, 11) is 0. The van der Waals surface area contributed by atoms with E-state index in [1.807, 2.05) is 6.92 Å². The maximum atomic E-state index is 5.64. The maximum Gasteiger partial charge on any atom is 0.147 e. The van der Waals surface area contributed by atoms with Gasteiger partial charge in [0.15, 0.2) is 0 Å². The van der Waals surface area contributed by atoms with Gasteiger partial charge < -0.3 is 10.3 Å². The predicted molar refractivity (Wildman–Crippen MR) is 41.2 cm³/mol. The van der Waals surface area contributed by atoms with E-state index in [1.165, 1.54) is 0 Å². The first-order valence-electron chi connectivity index (χ1n) is 3.90. The van der Waals surface area contributed by atoms with Crippen LogP contribution >= 0.6 is 0 Å². The van der Waals surface area contributed by atoms with Gasteiger partial charge in [0.25, 0.3) is 0 Å². The van der Waals surface area contributed by atoms with Crippen LogP contribution in [0, 0.1) is 6.92 Å². The molecule has 60 valence electrons. The summed E-state index contributed by atoms with van der Waals surface area (Å²) in [4.78, 5) is 0. The number of nitrogens with two attached hydrogens (primary N) is 1. The lowest BCUT2D eigenvalue weighted by atomic mass is 10.0. The van der Waals surface area contributed by atoms with Crippen LogP contribution in [0.5, 0.6) is 0 Å². The molecule has 2 rings (SSSR count). The van der Waals surface area contributed by atoms with Crippen LogP contribution in [0.25, 0.3) is 0 Å². The van der Waals surface area contributed by atoms with Crippen LogP contribution in [0.15, 0.2) is 10.7 Å². The van der Waals surface area contributed by atoms with E-state index < -0.39 is 0 Å². The second-order valence-corrected chi connectivity index (χ2v) is 3.32. The standard InChI is InChI=1S/C8H12N2O/c1-6-4-10-11-7(6)8(5-9)2-3-8/h4H,2-3,5,9H2,1H3. The van der Waals surface area contributed by atoms with Gasteiger partial charge in [-0.2, -0.15) is 0 Å². The molecule has 0 saturated heterocycles. The molecule has 0 atom stereocenters. The Balaban J connectivity index is 2.35. The molecule has 0 spiro atoms. The maximum absolute atomic E-state index is 5.64. The quantitative estimate of drug-likeness (QED) is 0.687. The third kappa shape index (κ3) is 0.878. The van der Waals surface area contributed by atoms with Gasteiger partial charge >= 0.3 is 0 Å². The molecule has 1 fully saturated rings. The van der Waals surface area contributed by atoms with E-state index in [9.17, 15) is 0 Å². The summed E-state index contributed by atoms with van der Waals surface area (Å²) in [6.07, 6.45) is 4.06. The number of aromatic nitrogens is 1. The molecule has 1 aromatic rings. The lowest BCUT2D eigenvalue weighted by molar-refractivity contribution is 0.353. The Morgan fingerprint density at radius 3 is 2.82 bits per heavy atom. The summed E-state index contributed by atoms with van der Waals surface area (Å²) in [6, 6.07) is 0. The van der Waals surface area contributed by atoms with Crippen molar-refractivity contribution in [3.05, 3.63) is 17.5 Å². The third-order valence-corrected chi connectivity index (χ3v) is 2.47. The average Bonchev–Trinajstić information content (AvgIpc) is 2.70. The first kappa shape index (κ1) is 6.85. The lowest BCUT2D eigenvalue weighted by Crippen LogP contribution is -2.19. The molecule has 1 aliphatic rings. The van der Waals surface area contributed by atoms with Crippen molar-refractivity contribution in [2.75, 3.05) is 6.54 Å². The van der Waals surface area contributed by atoms with Crippen LogP contribution in [-0.2, 0) is 5.41 Å². The summed E-state index contributed by atoms with van der Waals surface area (Å²) in [6.45, 7) is 2.70. The van der Waals surface area contributed by atoms with Crippen LogP contribution in [0.2, 0.25) is 0 Å². The Bertz CT molecular complexity index is 263. The van der Waals surface area contributed by atoms with E-state index in [4.69, 9.17) is 10.3 Å². The molecular weight excluding hydrogens is 140 g/mol. The molecule has 0 aliphatic heterocycles. The summed E-state index contributed by atoms with van der Waals surface area (Å²) in [5.74, 6) is 1.00. The topological polar surface area (TPSA) is 52.0 Å². The van der Waals surface area contributed by atoms with Gasteiger partial charge in [-0.1, -0.05) is 5.16 Å². The van der Waals surface area contributed by atoms with E-state index in [0.29, 0.717) is 6.54 Å². The zero-order valence-corrected chi connectivity index (χ0v) is 6.63. The molecule has 3 heteroatoms. The highest BCUT2D eigenvalue weighted by Gasteiger charge is 2.47. The normalized spacial score (nSPS) is 20.2. The SMILES string of the molecule is Cc1cnoc1C1(CN)CC1. The first-order chi connectivity index (χ1) is 5.28. The Labute approximate surface area is 65.6 Å². The average molecular weight is 152 g/mol.